The predicted molar refractivity (Wildman–Crippen MR) is 115 cm³/mol. The summed E-state index contributed by atoms with van der Waals surface area (Å²) >= 11 is 0. The maximum Gasteiger partial charge on any atom is 0.270 e. The zero-order chi connectivity index (χ0) is 21.5. The van der Waals surface area contributed by atoms with E-state index in [0.29, 0.717) is 29.2 Å². The second kappa shape index (κ2) is 9.39. The van der Waals surface area contributed by atoms with Gasteiger partial charge in [-0.2, -0.15) is 5.26 Å². The van der Waals surface area contributed by atoms with Crippen LogP contribution < -0.4 is 9.47 Å². The molecule has 0 unspecified atom stereocenters. The maximum atomic E-state index is 11.0. The number of benzene rings is 3. The van der Waals surface area contributed by atoms with Crippen LogP contribution in [0.2, 0.25) is 0 Å². The summed E-state index contributed by atoms with van der Waals surface area (Å²) in [7, 11) is 1.55. The molecule has 3 rings (SSSR count). The number of allylic oxidation sites excluding steroid dienone is 1. The zero-order valence-electron chi connectivity index (χ0n) is 16.7. The number of nitro groups is 1. The first-order valence-electron chi connectivity index (χ1n) is 9.23. The molecule has 0 aromatic heterocycles. The normalized spacial score (nSPS) is 10.9. The number of nitriles is 1. The van der Waals surface area contributed by atoms with Crippen molar-refractivity contribution in [3.63, 3.8) is 0 Å². The lowest BCUT2D eigenvalue weighted by atomic mass is 10.0. The van der Waals surface area contributed by atoms with Gasteiger partial charge in [-0.25, -0.2) is 0 Å². The summed E-state index contributed by atoms with van der Waals surface area (Å²) in [6, 6.07) is 21.5. The Morgan fingerprint density at radius 1 is 1.10 bits per heavy atom. The fourth-order valence-corrected chi connectivity index (χ4v) is 2.99. The van der Waals surface area contributed by atoms with Crippen molar-refractivity contribution in [1.82, 2.24) is 0 Å². The largest absolute Gasteiger partial charge is 0.493 e. The minimum absolute atomic E-state index is 0.0638. The Hall–Kier alpha value is -4.11. The summed E-state index contributed by atoms with van der Waals surface area (Å²) in [5.41, 5.74) is 3.66. The Balaban J connectivity index is 1.85. The average molecular weight is 400 g/mol. The van der Waals surface area contributed by atoms with Crippen molar-refractivity contribution in [1.29, 1.82) is 5.26 Å². The summed E-state index contributed by atoms with van der Waals surface area (Å²) < 4.78 is 11.3. The number of methoxy groups -OCH3 is 1. The van der Waals surface area contributed by atoms with Gasteiger partial charge in [-0.05, 0) is 41.8 Å². The molecule has 0 saturated carbocycles. The molecule has 150 valence electrons. The molecule has 0 radical (unpaired) electrons. The van der Waals surface area contributed by atoms with Gasteiger partial charge in [0.15, 0.2) is 11.5 Å². The summed E-state index contributed by atoms with van der Waals surface area (Å²) in [5, 5.41) is 20.5. The van der Waals surface area contributed by atoms with Gasteiger partial charge in [0.25, 0.3) is 5.69 Å². The van der Waals surface area contributed by atoms with Crippen molar-refractivity contribution in [3.8, 4) is 17.6 Å². The number of nitrogens with zero attached hydrogens (tertiary/aromatic N) is 2. The monoisotopic (exact) mass is 400 g/mol. The minimum atomic E-state index is -0.484. The standard InChI is InChI=1S/C24H20N2O4/c1-17-5-3-6-19(11-17)16-30-23-10-9-18(13-24(23)29-2)12-21(15-25)20-7-4-8-22(14-20)26(27)28/h3-14H,16H2,1-2H3/b21-12-. The Bertz CT molecular complexity index is 1150. The third kappa shape index (κ3) is 5.03. The molecule has 0 aliphatic rings. The van der Waals surface area contributed by atoms with E-state index in [9.17, 15) is 15.4 Å². The molecule has 3 aromatic rings. The van der Waals surface area contributed by atoms with Crippen molar-refractivity contribution in [2.24, 2.45) is 0 Å². The van der Waals surface area contributed by atoms with E-state index < -0.39 is 4.92 Å². The number of aryl methyl sites for hydroxylation is 1. The van der Waals surface area contributed by atoms with E-state index >= 15 is 0 Å². The minimum Gasteiger partial charge on any atom is -0.493 e. The molecule has 0 fully saturated rings. The number of non-ortho nitro benzene ring substituents is 1. The Morgan fingerprint density at radius 2 is 1.90 bits per heavy atom. The summed E-state index contributed by atoms with van der Waals surface area (Å²) in [5.74, 6) is 1.12. The molecule has 0 amide bonds. The summed E-state index contributed by atoms with van der Waals surface area (Å²) in [6.07, 6.45) is 1.66. The fraction of sp³-hybridized carbons (Fsp3) is 0.125. The van der Waals surface area contributed by atoms with Crippen molar-refractivity contribution in [2.75, 3.05) is 7.11 Å². The molecule has 0 bridgehead atoms. The molecule has 6 heteroatoms. The topological polar surface area (TPSA) is 85.4 Å². The fourth-order valence-electron chi connectivity index (χ4n) is 2.99. The third-order valence-electron chi connectivity index (χ3n) is 4.46. The highest BCUT2D eigenvalue weighted by molar-refractivity contribution is 5.90. The molecule has 30 heavy (non-hydrogen) atoms. The quantitative estimate of drug-likeness (QED) is 0.224. The van der Waals surface area contributed by atoms with E-state index in [2.05, 4.69) is 12.1 Å². The molecule has 0 spiro atoms. The smallest absolute Gasteiger partial charge is 0.270 e. The van der Waals surface area contributed by atoms with Crippen LogP contribution in [0.4, 0.5) is 5.69 Å². The molecule has 0 heterocycles. The van der Waals surface area contributed by atoms with E-state index in [0.717, 1.165) is 16.7 Å². The van der Waals surface area contributed by atoms with Crippen LogP contribution in [-0.2, 0) is 6.61 Å². The van der Waals surface area contributed by atoms with Gasteiger partial charge in [-0.3, -0.25) is 10.1 Å². The average Bonchev–Trinajstić information content (AvgIpc) is 2.76. The lowest BCUT2D eigenvalue weighted by Gasteiger charge is -2.12. The van der Waals surface area contributed by atoms with E-state index in [1.165, 1.54) is 12.1 Å². The van der Waals surface area contributed by atoms with Gasteiger partial charge in [0.2, 0.25) is 0 Å². The van der Waals surface area contributed by atoms with Crippen molar-refractivity contribution < 1.29 is 14.4 Å². The van der Waals surface area contributed by atoms with Crippen molar-refractivity contribution >= 4 is 17.3 Å². The molecule has 0 aliphatic carbocycles. The SMILES string of the molecule is COc1cc(/C=C(/C#N)c2cccc([N+](=O)[O-])c2)ccc1OCc1cccc(C)c1. The maximum absolute atomic E-state index is 11.0. The van der Waals surface area contributed by atoms with Crippen LogP contribution in [0.3, 0.4) is 0 Å². The Morgan fingerprint density at radius 3 is 2.60 bits per heavy atom. The molecule has 0 saturated heterocycles. The van der Waals surface area contributed by atoms with E-state index in [4.69, 9.17) is 9.47 Å². The van der Waals surface area contributed by atoms with Gasteiger partial charge >= 0.3 is 0 Å². The number of ether oxygens (including phenoxy) is 2. The number of nitro benzene ring substituents is 1. The predicted octanol–water partition coefficient (Wildman–Crippen LogP) is 5.56. The highest BCUT2D eigenvalue weighted by Gasteiger charge is 2.10. The van der Waals surface area contributed by atoms with Crippen LogP contribution in [0.15, 0.2) is 66.7 Å². The van der Waals surface area contributed by atoms with Gasteiger partial charge < -0.3 is 9.47 Å². The van der Waals surface area contributed by atoms with E-state index in [-0.39, 0.29) is 5.69 Å². The number of hydrogen-bond donors (Lipinski definition) is 0. The van der Waals surface area contributed by atoms with Gasteiger partial charge in [-0.1, -0.05) is 48.0 Å². The van der Waals surface area contributed by atoms with Gasteiger partial charge in [0, 0.05) is 12.1 Å². The van der Waals surface area contributed by atoms with E-state index in [1.54, 1.807) is 37.5 Å². The molecule has 0 N–H and O–H groups in total. The van der Waals surface area contributed by atoms with Crippen LogP contribution in [0.1, 0.15) is 22.3 Å². The van der Waals surface area contributed by atoms with Crippen molar-refractivity contribution in [2.45, 2.75) is 13.5 Å². The van der Waals surface area contributed by atoms with Crippen LogP contribution in [0, 0.1) is 28.4 Å². The van der Waals surface area contributed by atoms with Gasteiger partial charge in [0.05, 0.1) is 23.7 Å². The summed E-state index contributed by atoms with van der Waals surface area (Å²) in [6.45, 7) is 2.43. The van der Waals surface area contributed by atoms with Crippen LogP contribution in [0.5, 0.6) is 11.5 Å². The molecule has 0 aliphatic heterocycles. The molecular weight excluding hydrogens is 380 g/mol. The molecular formula is C24H20N2O4. The lowest BCUT2D eigenvalue weighted by Crippen LogP contribution is -1.98. The highest BCUT2D eigenvalue weighted by atomic mass is 16.6. The summed E-state index contributed by atoms with van der Waals surface area (Å²) in [4.78, 5) is 10.5. The Kier molecular flexibility index (Phi) is 6.46. The molecule has 3 aromatic carbocycles. The van der Waals surface area contributed by atoms with Crippen LogP contribution in [-0.4, -0.2) is 12.0 Å². The van der Waals surface area contributed by atoms with Crippen molar-refractivity contribution in [3.05, 3.63) is 99.1 Å². The van der Waals surface area contributed by atoms with Crippen LogP contribution in [0.25, 0.3) is 11.6 Å². The number of hydrogen-bond acceptors (Lipinski definition) is 5. The van der Waals surface area contributed by atoms with E-state index in [1.807, 2.05) is 31.2 Å². The second-order valence-electron chi connectivity index (χ2n) is 6.67. The first-order valence-corrected chi connectivity index (χ1v) is 9.23. The molecule has 6 nitrogen and oxygen atoms in total. The highest BCUT2D eigenvalue weighted by Crippen LogP contribution is 2.31. The van der Waals surface area contributed by atoms with Crippen LogP contribution >= 0.6 is 0 Å². The van der Waals surface area contributed by atoms with Gasteiger partial charge in [0.1, 0.15) is 6.61 Å². The molecule has 0 atom stereocenters. The first kappa shape index (κ1) is 20.6. The first-order chi connectivity index (χ1) is 14.5. The lowest BCUT2D eigenvalue weighted by molar-refractivity contribution is -0.384. The van der Waals surface area contributed by atoms with Gasteiger partial charge in [-0.15, -0.1) is 0 Å². The Labute approximate surface area is 174 Å². The zero-order valence-corrected chi connectivity index (χ0v) is 16.7. The number of rotatable bonds is 7. The third-order valence-corrected chi connectivity index (χ3v) is 4.46. The second-order valence-corrected chi connectivity index (χ2v) is 6.67.